The van der Waals surface area contributed by atoms with Crippen LogP contribution < -0.4 is 11.1 Å². The van der Waals surface area contributed by atoms with Gasteiger partial charge in [-0.05, 0) is 43.4 Å². The molecule has 180 valence electrons. The number of carbonyl (C=O) groups excluding carboxylic acids is 1. The molecule has 0 bridgehead atoms. The molecule has 32 heavy (non-hydrogen) atoms. The van der Waals surface area contributed by atoms with E-state index >= 15 is 0 Å². The van der Waals surface area contributed by atoms with Gasteiger partial charge in [-0.25, -0.2) is 0 Å². The predicted octanol–water partition coefficient (Wildman–Crippen LogP) is 3.28. The van der Waals surface area contributed by atoms with Crippen LogP contribution in [0.5, 0.6) is 0 Å². The Balaban J connectivity index is 1.80. The summed E-state index contributed by atoms with van der Waals surface area (Å²) >= 11 is 0. The van der Waals surface area contributed by atoms with Crippen LogP contribution in [0.25, 0.3) is 5.70 Å². The van der Waals surface area contributed by atoms with E-state index in [1.165, 1.54) is 19.3 Å². The lowest BCUT2D eigenvalue weighted by Crippen LogP contribution is -2.46. The Morgan fingerprint density at radius 1 is 1.22 bits per heavy atom. The molecule has 0 aromatic heterocycles. The number of amides is 1. The van der Waals surface area contributed by atoms with Crippen molar-refractivity contribution in [2.24, 2.45) is 5.73 Å². The first-order chi connectivity index (χ1) is 15.6. The second-order valence-corrected chi connectivity index (χ2v) is 8.21. The van der Waals surface area contributed by atoms with Gasteiger partial charge < -0.3 is 30.2 Å². The lowest BCUT2D eigenvalue weighted by atomic mass is 9.94. The lowest BCUT2D eigenvalue weighted by molar-refractivity contribution is -0.151. The molecule has 1 aromatic rings. The third kappa shape index (κ3) is 8.81. The third-order valence-electron chi connectivity index (χ3n) is 5.92. The Labute approximate surface area is 193 Å². The van der Waals surface area contributed by atoms with Crippen molar-refractivity contribution in [3.8, 4) is 0 Å². The molecular weight excluding hydrogens is 406 g/mol. The van der Waals surface area contributed by atoms with Gasteiger partial charge in [0.15, 0.2) is 6.29 Å². The van der Waals surface area contributed by atoms with Gasteiger partial charge in [0, 0.05) is 33.0 Å². The molecule has 0 saturated heterocycles. The molecule has 0 aliphatic heterocycles. The molecule has 1 aliphatic carbocycles. The Bertz CT molecular complexity index is 700. The number of benzene rings is 1. The van der Waals surface area contributed by atoms with Crippen molar-refractivity contribution in [1.82, 2.24) is 10.2 Å². The van der Waals surface area contributed by atoms with Gasteiger partial charge in [0.05, 0.1) is 31.9 Å². The van der Waals surface area contributed by atoms with Crippen LogP contribution in [0.15, 0.2) is 30.5 Å². The summed E-state index contributed by atoms with van der Waals surface area (Å²) in [5, 5.41) is 3.12. The van der Waals surface area contributed by atoms with Crippen LogP contribution in [0.3, 0.4) is 0 Å². The summed E-state index contributed by atoms with van der Waals surface area (Å²) in [5.74, 6) is 0.110. The highest BCUT2D eigenvalue weighted by Crippen LogP contribution is 2.24. The molecule has 3 N–H and O–H groups in total. The van der Waals surface area contributed by atoms with Gasteiger partial charge in [0.25, 0.3) is 0 Å². The van der Waals surface area contributed by atoms with Crippen LogP contribution in [0, 0.1) is 0 Å². The Morgan fingerprint density at radius 3 is 2.66 bits per heavy atom. The van der Waals surface area contributed by atoms with E-state index in [4.69, 9.17) is 19.9 Å². The van der Waals surface area contributed by atoms with Gasteiger partial charge >= 0.3 is 0 Å². The highest BCUT2D eigenvalue weighted by atomic mass is 16.7. The normalized spacial score (nSPS) is 15.2. The van der Waals surface area contributed by atoms with E-state index in [0.717, 1.165) is 36.9 Å². The lowest BCUT2D eigenvalue weighted by Gasteiger charge is -2.36. The fraction of sp³-hybridized carbons (Fsp3) is 0.640. The van der Waals surface area contributed by atoms with Crippen LogP contribution in [-0.4, -0.2) is 63.7 Å². The zero-order valence-corrected chi connectivity index (χ0v) is 20.0. The van der Waals surface area contributed by atoms with Crippen molar-refractivity contribution in [3.05, 3.63) is 41.6 Å². The third-order valence-corrected chi connectivity index (χ3v) is 5.92. The molecule has 2 rings (SSSR count). The van der Waals surface area contributed by atoms with Crippen LogP contribution in [-0.2, 0) is 25.4 Å². The van der Waals surface area contributed by atoms with Crippen molar-refractivity contribution >= 4 is 11.6 Å². The summed E-state index contributed by atoms with van der Waals surface area (Å²) in [4.78, 5) is 14.9. The summed E-state index contributed by atoms with van der Waals surface area (Å²) in [6.45, 7) is 4.31. The summed E-state index contributed by atoms with van der Waals surface area (Å²) in [6, 6.07) is 8.42. The summed E-state index contributed by atoms with van der Waals surface area (Å²) in [5.41, 5.74) is 8.98. The fourth-order valence-corrected chi connectivity index (χ4v) is 4.05. The summed E-state index contributed by atoms with van der Waals surface area (Å²) in [6.07, 6.45) is 8.26. The smallest absolute Gasteiger partial charge is 0.225 e. The van der Waals surface area contributed by atoms with Crippen molar-refractivity contribution in [1.29, 1.82) is 0 Å². The molecule has 0 radical (unpaired) electrons. The summed E-state index contributed by atoms with van der Waals surface area (Å²) < 4.78 is 16.5. The van der Waals surface area contributed by atoms with Crippen molar-refractivity contribution in [2.45, 2.75) is 64.2 Å². The number of nitrogens with two attached hydrogens (primary N) is 1. The Kier molecular flexibility index (Phi) is 12.2. The number of methoxy groups -OCH3 is 2. The van der Waals surface area contributed by atoms with Crippen molar-refractivity contribution in [3.63, 3.8) is 0 Å². The topological polar surface area (TPSA) is 86.0 Å². The maximum atomic E-state index is 13.0. The highest BCUT2D eigenvalue weighted by Gasteiger charge is 2.27. The van der Waals surface area contributed by atoms with Gasteiger partial charge in [-0.1, -0.05) is 37.5 Å². The van der Waals surface area contributed by atoms with Crippen molar-refractivity contribution in [2.75, 3.05) is 40.5 Å². The molecule has 1 amide bonds. The molecule has 7 nitrogen and oxygen atoms in total. The first-order valence-electron chi connectivity index (χ1n) is 11.8. The molecular formula is C25H41N3O4. The van der Waals surface area contributed by atoms with E-state index in [9.17, 15) is 4.79 Å². The number of hydrogen-bond acceptors (Lipinski definition) is 6. The van der Waals surface area contributed by atoms with E-state index in [-0.39, 0.29) is 11.9 Å². The van der Waals surface area contributed by atoms with Gasteiger partial charge in [0.1, 0.15) is 0 Å². The van der Waals surface area contributed by atoms with E-state index in [0.29, 0.717) is 31.9 Å². The number of nitrogens with one attached hydrogen (secondary N) is 1. The molecule has 1 fully saturated rings. The molecule has 0 unspecified atom stereocenters. The number of hydrogen-bond donors (Lipinski definition) is 2. The average molecular weight is 448 g/mol. The first kappa shape index (κ1) is 26.2. The molecule has 1 aromatic carbocycles. The van der Waals surface area contributed by atoms with Gasteiger partial charge in [-0.2, -0.15) is 0 Å². The zero-order chi connectivity index (χ0) is 23.2. The molecule has 1 aliphatic rings. The Hall–Kier alpha value is -2.09. The van der Waals surface area contributed by atoms with Crippen LogP contribution in [0.1, 0.15) is 56.6 Å². The molecule has 0 atom stereocenters. The zero-order valence-electron chi connectivity index (χ0n) is 20.0. The number of carbonyl (C=O) groups is 1. The highest BCUT2D eigenvalue weighted by molar-refractivity contribution is 5.76. The Morgan fingerprint density at radius 2 is 1.97 bits per heavy atom. The minimum Gasteiger partial charge on any atom is -0.397 e. The monoisotopic (exact) mass is 447 g/mol. The number of ether oxygens (including phenoxy) is 3. The SMILES string of the molecule is CCN/C=C(\N)c1cccc(CCOCCC(=O)N(CC(OC)OC)C2CCCCC2)c1. The molecule has 7 heteroatoms. The fourth-order valence-electron chi connectivity index (χ4n) is 4.05. The molecule has 1 saturated carbocycles. The maximum absolute atomic E-state index is 13.0. The van der Waals surface area contributed by atoms with Crippen LogP contribution >= 0.6 is 0 Å². The minimum absolute atomic E-state index is 0.110. The number of rotatable bonds is 14. The van der Waals surface area contributed by atoms with E-state index in [1.54, 1.807) is 14.2 Å². The number of nitrogens with zero attached hydrogens (tertiary/aromatic N) is 1. The maximum Gasteiger partial charge on any atom is 0.225 e. The first-order valence-corrected chi connectivity index (χ1v) is 11.8. The van der Waals surface area contributed by atoms with E-state index < -0.39 is 6.29 Å². The van der Waals surface area contributed by atoms with Crippen LogP contribution in [0.4, 0.5) is 0 Å². The average Bonchev–Trinajstić information content (AvgIpc) is 2.83. The van der Waals surface area contributed by atoms with Gasteiger partial charge in [-0.15, -0.1) is 0 Å². The van der Waals surface area contributed by atoms with Crippen molar-refractivity contribution < 1.29 is 19.0 Å². The second-order valence-electron chi connectivity index (χ2n) is 8.21. The van der Waals surface area contributed by atoms with Gasteiger partial charge in [-0.3, -0.25) is 4.79 Å². The quantitative estimate of drug-likeness (QED) is 0.336. The predicted molar refractivity (Wildman–Crippen MR) is 128 cm³/mol. The van der Waals surface area contributed by atoms with Gasteiger partial charge in [0.2, 0.25) is 5.91 Å². The standard InChI is InChI=1S/C25H41N3O4/c1-4-27-18-23(26)21-10-8-9-20(17-21)13-15-32-16-14-24(29)28(19-25(30-2)31-3)22-11-6-5-7-12-22/h8-10,17-18,22,25,27H,4-7,11-16,19,26H2,1-3H3/b23-18-. The molecule has 0 spiro atoms. The van der Waals surface area contributed by atoms with E-state index in [2.05, 4.69) is 17.4 Å². The largest absolute Gasteiger partial charge is 0.397 e. The molecule has 0 heterocycles. The minimum atomic E-state index is -0.400. The van der Waals surface area contributed by atoms with E-state index in [1.807, 2.05) is 30.2 Å². The van der Waals surface area contributed by atoms with Crippen LogP contribution in [0.2, 0.25) is 0 Å². The second kappa shape index (κ2) is 14.9. The summed E-state index contributed by atoms with van der Waals surface area (Å²) in [7, 11) is 3.22.